The van der Waals surface area contributed by atoms with Crippen molar-refractivity contribution in [1.29, 1.82) is 5.41 Å². The Balaban J connectivity index is 1.52. The lowest BCUT2D eigenvalue weighted by molar-refractivity contribution is -0.138. The van der Waals surface area contributed by atoms with E-state index in [1.165, 1.54) is 6.07 Å². The maximum atomic E-state index is 13.7. The minimum atomic E-state index is -4.47. The third-order valence-electron chi connectivity index (χ3n) is 5.63. The lowest BCUT2D eigenvalue weighted by atomic mass is 9.98. The van der Waals surface area contributed by atoms with Crippen LogP contribution in [0.4, 0.5) is 13.2 Å². The van der Waals surface area contributed by atoms with Crippen LogP contribution < -0.4 is 10.1 Å². The highest BCUT2D eigenvalue weighted by atomic mass is 19.4. The summed E-state index contributed by atoms with van der Waals surface area (Å²) in [7, 11) is 0. The van der Waals surface area contributed by atoms with Gasteiger partial charge in [0, 0.05) is 30.6 Å². The number of likely N-dealkylation sites (tertiary alicyclic amines) is 1. The number of hydrogen-bond donors (Lipinski definition) is 2. The van der Waals surface area contributed by atoms with E-state index in [9.17, 15) is 18.0 Å². The summed E-state index contributed by atoms with van der Waals surface area (Å²) in [5.74, 6) is -0.243. The van der Waals surface area contributed by atoms with Crippen molar-refractivity contribution in [3.63, 3.8) is 0 Å². The number of carbonyl (C=O) groups excluding carboxylic acids is 1. The Hall–Kier alpha value is -3.88. The second kappa shape index (κ2) is 9.94. The predicted molar refractivity (Wildman–Crippen MR) is 121 cm³/mol. The van der Waals surface area contributed by atoms with E-state index in [0.29, 0.717) is 24.2 Å². The monoisotopic (exact) mass is 468 g/mol. The zero-order valence-electron chi connectivity index (χ0n) is 18.2. The van der Waals surface area contributed by atoms with E-state index in [1.807, 2.05) is 18.2 Å². The maximum Gasteiger partial charge on any atom is 0.417 e. The smallest absolute Gasteiger partial charge is 0.417 e. The second-order valence-corrected chi connectivity index (χ2v) is 7.88. The highest BCUT2D eigenvalue weighted by molar-refractivity contribution is 6.27. The van der Waals surface area contributed by atoms with Crippen molar-refractivity contribution in [3.8, 4) is 5.88 Å². The van der Waals surface area contributed by atoms with Crippen LogP contribution in [0.1, 0.15) is 24.0 Å². The van der Waals surface area contributed by atoms with Crippen LogP contribution in [-0.2, 0) is 11.0 Å². The van der Waals surface area contributed by atoms with Gasteiger partial charge in [-0.3, -0.25) is 10.2 Å². The van der Waals surface area contributed by atoms with Gasteiger partial charge < -0.3 is 15.0 Å². The number of amides is 1. The number of allylic oxidation sites excluding steroid dienone is 3. The number of ether oxygens (including phenoxy) is 1. The van der Waals surface area contributed by atoms with E-state index in [0.717, 1.165) is 18.7 Å². The van der Waals surface area contributed by atoms with Gasteiger partial charge >= 0.3 is 6.18 Å². The summed E-state index contributed by atoms with van der Waals surface area (Å²) >= 11 is 0. The zero-order valence-corrected chi connectivity index (χ0v) is 18.2. The number of hydrogen-bond acceptors (Lipinski definition) is 5. The molecule has 6 nitrogen and oxygen atoms in total. The zero-order chi connectivity index (χ0) is 24.1. The highest BCUT2D eigenvalue weighted by Gasteiger charge is 2.34. The van der Waals surface area contributed by atoms with E-state index in [-0.39, 0.29) is 35.7 Å². The third kappa shape index (κ3) is 5.19. The predicted octanol–water partition coefficient (Wildman–Crippen LogP) is 4.47. The average molecular weight is 468 g/mol. The molecule has 0 radical (unpaired) electrons. The molecule has 0 spiro atoms. The molecule has 0 saturated carbocycles. The molecule has 4 rings (SSSR count). The fourth-order valence-corrected chi connectivity index (χ4v) is 3.89. The van der Waals surface area contributed by atoms with E-state index in [2.05, 4.69) is 10.3 Å². The number of rotatable bonds is 6. The minimum absolute atomic E-state index is 0.0601. The van der Waals surface area contributed by atoms with Crippen molar-refractivity contribution < 1.29 is 22.7 Å². The Morgan fingerprint density at radius 3 is 2.62 bits per heavy atom. The number of benzene rings is 1. The van der Waals surface area contributed by atoms with Crippen LogP contribution in [0.3, 0.4) is 0 Å². The standard InChI is InChI=1S/C25H23F3N4O2/c26-25(27,28)18-11-12-21(31-15-18)34-16-19-9-6-14-32(19)24(33)22(20-10-4-5-13-30-20)23(29)17-7-2-1-3-8-17/h1-5,7-8,10-13,15,19,29-30H,6,9,14,16H2/b22-20+,29-23?/t19-/m0/s1. The molecule has 1 amide bonds. The van der Waals surface area contributed by atoms with Crippen molar-refractivity contribution in [1.82, 2.24) is 15.2 Å². The topological polar surface area (TPSA) is 78.3 Å². The lowest BCUT2D eigenvalue weighted by Gasteiger charge is -2.27. The van der Waals surface area contributed by atoms with Crippen LogP contribution >= 0.6 is 0 Å². The number of nitrogens with one attached hydrogen (secondary N) is 2. The van der Waals surface area contributed by atoms with Crippen molar-refractivity contribution >= 4 is 11.6 Å². The van der Waals surface area contributed by atoms with Gasteiger partial charge in [-0.1, -0.05) is 36.4 Å². The molecule has 9 heteroatoms. The molecule has 2 aromatic rings. The number of alkyl halides is 3. The van der Waals surface area contributed by atoms with E-state index in [1.54, 1.807) is 41.5 Å². The van der Waals surface area contributed by atoms with Crippen LogP contribution in [0.25, 0.3) is 0 Å². The van der Waals surface area contributed by atoms with Gasteiger partial charge in [-0.2, -0.15) is 13.2 Å². The first-order valence-electron chi connectivity index (χ1n) is 10.8. The summed E-state index contributed by atoms with van der Waals surface area (Å²) in [4.78, 5) is 19.1. The Morgan fingerprint density at radius 1 is 1.18 bits per heavy atom. The number of nitrogens with zero attached hydrogens (tertiary/aromatic N) is 2. The number of carbonyl (C=O) groups is 1. The van der Waals surface area contributed by atoms with Crippen LogP contribution in [0.2, 0.25) is 0 Å². The van der Waals surface area contributed by atoms with Gasteiger partial charge in [0.1, 0.15) is 6.61 Å². The van der Waals surface area contributed by atoms with Crippen molar-refractivity contribution in [2.75, 3.05) is 13.2 Å². The number of halogens is 3. The molecular weight excluding hydrogens is 445 g/mol. The number of pyridine rings is 1. The Bertz CT molecular complexity index is 1140. The van der Waals surface area contributed by atoms with Crippen LogP contribution in [0, 0.1) is 5.41 Å². The fourth-order valence-electron chi connectivity index (χ4n) is 3.89. The van der Waals surface area contributed by atoms with Crippen LogP contribution in [-0.4, -0.2) is 40.7 Å². The molecular formula is C25H23F3N4O2. The normalized spacial score (nSPS) is 19.0. The molecule has 1 fully saturated rings. The quantitative estimate of drug-likeness (QED) is 0.485. The molecule has 0 bridgehead atoms. The van der Waals surface area contributed by atoms with E-state index >= 15 is 0 Å². The second-order valence-electron chi connectivity index (χ2n) is 7.88. The van der Waals surface area contributed by atoms with Gasteiger partial charge in [0.15, 0.2) is 0 Å². The molecule has 2 N–H and O–H groups in total. The first-order chi connectivity index (χ1) is 16.3. The van der Waals surface area contributed by atoms with Gasteiger partial charge in [0.05, 0.1) is 28.6 Å². The van der Waals surface area contributed by atoms with Gasteiger partial charge in [-0.15, -0.1) is 0 Å². The molecule has 1 aromatic heterocycles. The van der Waals surface area contributed by atoms with Crippen molar-refractivity contribution in [3.05, 3.63) is 95.5 Å². The average Bonchev–Trinajstić information content (AvgIpc) is 3.32. The van der Waals surface area contributed by atoms with Gasteiger partial charge in [-0.25, -0.2) is 4.98 Å². The highest BCUT2D eigenvalue weighted by Crippen LogP contribution is 2.29. The summed E-state index contributed by atoms with van der Waals surface area (Å²) in [6, 6.07) is 10.8. The van der Waals surface area contributed by atoms with Crippen LogP contribution in [0.15, 0.2) is 84.4 Å². The third-order valence-corrected chi connectivity index (χ3v) is 5.63. The summed E-state index contributed by atoms with van der Waals surface area (Å²) < 4.78 is 43.9. The molecule has 1 atom stereocenters. The molecule has 0 aliphatic carbocycles. The Labute approximate surface area is 195 Å². The number of dihydropyridines is 1. The Morgan fingerprint density at radius 2 is 1.97 bits per heavy atom. The SMILES string of the molecule is N=C(/C(C(=O)N1CCC[C@H]1COc1ccc(C(F)(F)F)cn1)=C1/C=CC=CN1)c1ccccc1. The van der Waals surface area contributed by atoms with Crippen molar-refractivity contribution in [2.24, 2.45) is 0 Å². The number of aromatic nitrogens is 1. The molecule has 2 aliphatic rings. The molecule has 176 valence electrons. The first kappa shape index (κ1) is 23.3. The molecule has 1 aromatic carbocycles. The van der Waals surface area contributed by atoms with Crippen LogP contribution in [0.5, 0.6) is 5.88 Å². The summed E-state index contributed by atoms with van der Waals surface area (Å²) in [6.07, 6.45) is 4.72. The van der Waals surface area contributed by atoms with Gasteiger partial charge in [0.25, 0.3) is 5.91 Å². The summed E-state index contributed by atoms with van der Waals surface area (Å²) in [6.45, 7) is 0.584. The first-order valence-corrected chi connectivity index (χ1v) is 10.8. The van der Waals surface area contributed by atoms with E-state index < -0.39 is 11.7 Å². The summed E-state index contributed by atoms with van der Waals surface area (Å²) in [5.41, 5.74) is 0.632. The molecule has 2 aliphatic heterocycles. The molecule has 1 saturated heterocycles. The van der Waals surface area contributed by atoms with Gasteiger partial charge in [-0.05, 0) is 31.1 Å². The molecule has 3 heterocycles. The molecule has 0 unspecified atom stereocenters. The fraction of sp³-hybridized carbons (Fsp3) is 0.240. The Kier molecular flexibility index (Phi) is 6.81. The lowest BCUT2D eigenvalue weighted by Crippen LogP contribution is -2.42. The summed E-state index contributed by atoms with van der Waals surface area (Å²) in [5, 5.41) is 11.8. The largest absolute Gasteiger partial charge is 0.475 e. The van der Waals surface area contributed by atoms with E-state index in [4.69, 9.17) is 10.1 Å². The van der Waals surface area contributed by atoms with Crippen molar-refractivity contribution in [2.45, 2.75) is 25.1 Å². The maximum absolute atomic E-state index is 13.7. The van der Waals surface area contributed by atoms with Gasteiger partial charge in [0.2, 0.25) is 5.88 Å². The minimum Gasteiger partial charge on any atom is -0.475 e. The molecule has 34 heavy (non-hydrogen) atoms.